The lowest BCUT2D eigenvalue weighted by molar-refractivity contribution is -0.137. The van der Waals surface area contributed by atoms with Gasteiger partial charge in [-0.25, -0.2) is 0 Å². The highest BCUT2D eigenvalue weighted by Gasteiger charge is 2.51. The molecule has 1 aliphatic rings. The Hall–Kier alpha value is -0.740. The Balaban J connectivity index is 1.95. The van der Waals surface area contributed by atoms with Crippen LogP contribution in [-0.2, 0) is 12.6 Å². The van der Waals surface area contributed by atoms with Crippen molar-refractivity contribution in [1.29, 1.82) is 0 Å². The zero-order valence-corrected chi connectivity index (χ0v) is 10.6. The van der Waals surface area contributed by atoms with Gasteiger partial charge in [0, 0.05) is 10.8 Å². The van der Waals surface area contributed by atoms with Gasteiger partial charge < -0.3 is 5.73 Å². The Kier molecular flexibility index (Phi) is 3.60. The van der Waals surface area contributed by atoms with Crippen LogP contribution < -0.4 is 5.73 Å². The van der Waals surface area contributed by atoms with Crippen LogP contribution in [0.15, 0.2) is 24.3 Å². The highest BCUT2D eigenvalue weighted by atomic mass is 35.5. The molecule has 0 saturated heterocycles. The van der Waals surface area contributed by atoms with Gasteiger partial charge in [0.1, 0.15) is 0 Å². The minimum Gasteiger partial charge on any atom is -0.330 e. The molecule has 1 aromatic carbocycles. The highest BCUT2D eigenvalue weighted by molar-refractivity contribution is 6.23. The van der Waals surface area contributed by atoms with Crippen LogP contribution in [0.3, 0.4) is 0 Å². The molecule has 0 aromatic heterocycles. The first kappa shape index (κ1) is 13.7. The molecule has 1 saturated carbocycles. The van der Waals surface area contributed by atoms with Crippen molar-refractivity contribution in [2.45, 2.75) is 30.8 Å². The molecule has 0 amide bonds. The summed E-state index contributed by atoms with van der Waals surface area (Å²) in [5.41, 5.74) is 5.96. The van der Waals surface area contributed by atoms with Crippen molar-refractivity contribution in [1.82, 2.24) is 0 Å². The Morgan fingerprint density at radius 1 is 1.28 bits per heavy atom. The van der Waals surface area contributed by atoms with Crippen LogP contribution in [0, 0.1) is 5.41 Å². The summed E-state index contributed by atoms with van der Waals surface area (Å²) in [5, 5.41) is 0.122. The zero-order valence-electron chi connectivity index (χ0n) is 9.80. The van der Waals surface area contributed by atoms with Crippen molar-refractivity contribution >= 4 is 11.6 Å². The monoisotopic (exact) mass is 277 g/mol. The molecule has 2 N–H and O–H groups in total. The molecule has 1 nitrogen and oxygen atoms in total. The lowest BCUT2D eigenvalue weighted by Gasteiger charge is -2.13. The molecular formula is C13H15ClF3N. The summed E-state index contributed by atoms with van der Waals surface area (Å²) in [7, 11) is 0. The molecule has 1 aromatic rings. The Morgan fingerprint density at radius 2 is 1.83 bits per heavy atom. The summed E-state index contributed by atoms with van der Waals surface area (Å²) in [6, 6.07) is 5.29. The fourth-order valence-corrected chi connectivity index (χ4v) is 2.63. The standard InChI is InChI=1S/C13H15ClF3N/c14-11-7-12(11,8-18)6-5-9-1-3-10(4-2-9)13(15,16)17/h1-4,11H,5-8,18H2. The molecule has 1 aliphatic carbocycles. The molecule has 0 spiro atoms. The minimum atomic E-state index is -4.27. The predicted molar refractivity (Wildman–Crippen MR) is 65.5 cm³/mol. The second-order valence-electron chi connectivity index (χ2n) is 4.93. The van der Waals surface area contributed by atoms with Gasteiger partial charge in [-0.2, -0.15) is 13.2 Å². The number of aryl methyl sites for hydroxylation is 1. The topological polar surface area (TPSA) is 26.0 Å². The van der Waals surface area contributed by atoms with E-state index in [4.69, 9.17) is 17.3 Å². The van der Waals surface area contributed by atoms with E-state index in [1.54, 1.807) is 0 Å². The summed E-state index contributed by atoms with van der Waals surface area (Å²) in [4.78, 5) is 0. The van der Waals surface area contributed by atoms with Crippen molar-refractivity contribution in [2.75, 3.05) is 6.54 Å². The molecule has 0 radical (unpaired) electrons. The van der Waals surface area contributed by atoms with Crippen molar-refractivity contribution < 1.29 is 13.2 Å². The van der Waals surface area contributed by atoms with Gasteiger partial charge in [0.15, 0.2) is 0 Å². The molecule has 0 aliphatic heterocycles. The molecule has 18 heavy (non-hydrogen) atoms. The first-order chi connectivity index (χ1) is 8.37. The smallest absolute Gasteiger partial charge is 0.330 e. The highest BCUT2D eigenvalue weighted by Crippen LogP contribution is 2.52. The fourth-order valence-electron chi connectivity index (χ4n) is 2.12. The van der Waals surface area contributed by atoms with Gasteiger partial charge in [0.25, 0.3) is 0 Å². The second kappa shape index (κ2) is 4.74. The van der Waals surface area contributed by atoms with E-state index in [9.17, 15) is 13.2 Å². The average molecular weight is 278 g/mol. The van der Waals surface area contributed by atoms with Gasteiger partial charge in [0.2, 0.25) is 0 Å². The number of alkyl halides is 4. The predicted octanol–water partition coefficient (Wildman–Crippen LogP) is 3.59. The van der Waals surface area contributed by atoms with Crippen LogP contribution in [-0.4, -0.2) is 11.9 Å². The summed E-state index contributed by atoms with van der Waals surface area (Å²) < 4.78 is 37.1. The molecular weight excluding hydrogens is 263 g/mol. The van der Waals surface area contributed by atoms with Crippen LogP contribution in [0.4, 0.5) is 13.2 Å². The Labute approximate surface area is 109 Å². The third-order valence-corrected chi connectivity index (χ3v) is 4.31. The van der Waals surface area contributed by atoms with Gasteiger partial charge >= 0.3 is 6.18 Å². The van der Waals surface area contributed by atoms with Crippen molar-refractivity contribution in [2.24, 2.45) is 11.1 Å². The number of halogens is 4. The van der Waals surface area contributed by atoms with Crippen LogP contribution >= 0.6 is 11.6 Å². The molecule has 2 rings (SSSR count). The third-order valence-electron chi connectivity index (χ3n) is 3.69. The van der Waals surface area contributed by atoms with E-state index in [0.717, 1.165) is 37.0 Å². The van der Waals surface area contributed by atoms with Crippen LogP contribution in [0.25, 0.3) is 0 Å². The molecule has 1 fully saturated rings. The maximum absolute atomic E-state index is 12.4. The van der Waals surface area contributed by atoms with E-state index in [2.05, 4.69) is 0 Å². The first-order valence-corrected chi connectivity index (χ1v) is 6.31. The fraction of sp³-hybridized carbons (Fsp3) is 0.538. The van der Waals surface area contributed by atoms with Crippen LogP contribution in [0.1, 0.15) is 24.0 Å². The van der Waals surface area contributed by atoms with E-state index in [1.165, 1.54) is 12.1 Å². The lowest BCUT2D eigenvalue weighted by Crippen LogP contribution is -2.19. The maximum Gasteiger partial charge on any atom is 0.416 e. The zero-order chi connectivity index (χ0) is 13.4. The molecule has 5 heteroatoms. The first-order valence-electron chi connectivity index (χ1n) is 5.88. The number of benzene rings is 1. The van der Waals surface area contributed by atoms with Crippen molar-refractivity contribution in [3.63, 3.8) is 0 Å². The SMILES string of the molecule is NCC1(CCc2ccc(C(F)(F)F)cc2)CC1Cl. The van der Waals surface area contributed by atoms with Crippen molar-refractivity contribution in [3.05, 3.63) is 35.4 Å². The normalized spacial score (nSPS) is 27.3. The number of rotatable bonds is 4. The van der Waals surface area contributed by atoms with Crippen LogP contribution in [0.5, 0.6) is 0 Å². The number of nitrogens with two attached hydrogens (primary N) is 1. The maximum atomic E-state index is 12.4. The lowest BCUT2D eigenvalue weighted by atomic mass is 9.96. The molecule has 100 valence electrons. The van der Waals surface area contributed by atoms with Gasteiger partial charge in [-0.05, 0) is 43.5 Å². The molecule has 0 bridgehead atoms. The minimum absolute atomic E-state index is 0.00422. The Bertz CT molecular complexity index is 411. The van der Waals surface area contributed by atoms with E-state index >= 15 is 0 Å². The van der Waals surface area contributed by atoms with Gasteiger partial charge in [-0.3, -0.25) is 0 Å². The van der Waals surface area contributed by atoms with Crippen LogP contribution in [0.2, 0.25) is 0 Å². The van der Waals surface area contributed by atoms with Gasteiger partial charge in [-0.15, -0.1) is 11.6 Å². The van der Waals surface area contributed by atoms with E-state index in [0.29, 0.717) is 6.54 Å². The number of hydrogen-bond acceptors (Lipinski definition) is 1. The van der Waals surface area contributed by atoms with Gasteiger partial charge in [-0.1, -0.05) is 12.1 Å². The summed E-state index contributed by atoms with van der Waals surface area (Å²) in [6.07, 6.45) is -1.80. The second-order valence-corrected chi connectivity index (χ2v) is 5.46. The third kappa shape index (κ3) is 2.81. The molecule has 0 heterocycles. The largest absolute Gasteiger partial charge is 0.416 e. The summed E-state index contributed by atoms with van der Waals surface area (Å²) >= 11 is 6.03. The Morgan fingerprint density at radius 3 is 2.22 bits per heavy atom. The van der Waals surface area contributed by atoms with Crippen molar-refractivity contribution in [3.8, 4) is 0 Å². The average Bonchev–Trinajstić information content (AvgIpc) is 2.98. The van der Waals surface area contributed by atoms with E-state index in [1.807, 2.05) is 0 Å². The summed E-state index contributed by atoms with van der Waals surface area (Å²) in [6.45, 7) is 0.543. The molecule has 2 unspecified atom stereocenters. The summed E-state index contributed by atoms with van der Waals surface area (Å²) in [5.74, 6) is 0. The molecule has 2 atom stereocenters. The number of hydrogen-bond donors (Lipinski definition) is 1. The quantitative estimate of drug-likeness (QED) is 0.836. The van der Waals surface area contributed by atoms with Gasteiger partial charge in [0.05, 0.1) is 5.56 Å². The van der Waals surface area contributed by atoms with E-state index in [-0.39, 0.29) is 10.8 Å². The van der Waals surface area contributed by atoms with E-state index < -0.39 is 11.7 Å².